The van der Waals surface area contributed by atoms with E-state index in [1.165, 1.54) is 24.9 Å². The van der Waals surface area contributed by atoms with Gasteiger partial charge in [-0.15, -0.1) is 0 Å². The number of carbonyl (C=O) groups is 2. The zero-order valence-electron chi connectivity index (χ0n) is 17.3. The topological polar surface area (TPSA) is 64.7 Å². The molecule has 2 aromatic rings. The van der Waals surface area contributed by atoms with Gasteiger partial charge in [0.15, 0.2) is 0 Å². The molecule has 1 heterocycles. The molecule has 2 N–H and O–H groups in total. The minimum atomic E-state index is -0.0953. The third kappa shape index (κ3) is 5.12. The van der Waals surface area contributed by atoms with Crippen molar-refractivity contribution in [3.8, 4) is 0 Å². The number of benzene rings is 2. The van der Waals surface area contributed by atoms with Crippen LogP contribution in [-0.4, -0.2) is 49.1 Å². The first kappa shape index (κ1) is 20.3. The fourth-order valence-electron chi connectivity index (χ4n) is 4.23. The second-order valence-electron chi connectivity index (χ2n) is 8.13. The molecule has 158 valence electrons. The van der Waals surface area contributed by atoms with Gasteiger partial charge in [0.05, 0.1) is 0 Å². The lowest BCUT2D eigenvalue weighted by Gasteiger charge is -2.36. The highest BCUT2D eigenvalue weighted by molar-refractivity contribution is 5.95. The van der Waals surface area contributed by atoms with Gasteiger partial charge in [0.25, 0.3) is 5.91 Å². The largest absolute Gasteiger partial charge is 0.368 e. The number of anilines is 2. The van der Waals surface area contributed by atoms with Crippen molar-refractivity contribution in [1.29, 1.82) is 0 Å². The molecule has 0 radical (unpaired) electrons. The van der Waals surface area contributed by atoms with Gasteiger partial charge in [-0.05, 0) is 49.2 Å². The first-order chi connectivity index (χ1) is 14.7. The minimum Gasteiger partial charge on any atom is -0.368 e. The summed E-state index contributed by atoms with van der Waals surface area (Å²) in [6, 6.07) is 17.6. The number of urea groups is 1. The Hall–Kier alpha value is -3.02. The van der Waals surface area contributed by atoms with E-state index in [0.717, 1.165) is 25.9 Å². The Morgan fingerprint density at radius 1 is 0.800 bits per heavy atom. The summed E-state index contributed by atoms with van der Waals surface area (Å²) in [6.45, 7) is 3.00. The minimum absolute atomic E-state index is 0.0307. The van der Waals surface area contributed by atoms with Gasteiger partial charge in [0.1, 0.15) is 0 Å². The average molecular weight is 407 g/mol. The summed E-state index contributed by atoms with van der Waals surface area (Å²) in [6.07, 6.45) is 5.78. The highest BCUT2D eigenvalue weighted by atomic mass is 16.2. The zero-order chi connectivity index (χ0) is 20.8. The molecule has 2 aliphatic rings. The van der Waals surface area contributed by atoms with Crippen molar-refractivity contribution in [3.63, 3.8) is 0 Å². The Morgan fingerprint density at radius 3 is 2.13 bits per heavy atom. The normalized spacial score (nSPS) is 17.5. The Labute approximate surface area is 178 Å². The van der Waals surface area contributed by atoms with Crippen molar-refractivity contribution in [2.24, 2.45) is 0 Å². The van der Waals surface area contributed by atoms with Crippen LogP contribution in [0.3, 0.4) is 0 Å². The second-order valence-corrected chi connectivity index (χ2v) is 8.13. The molecule has 6 nitrogen and oxygen atoms in total. The van der Waals surface area contributed by atoms with Gasteiger partial charge < -0.3 is 20.4 Å². The molecular formula is C24H30N4O2. The molecule has 0 spiro atoms. The maximum atomic E-state index is 12.6. The lowest BCUT2D eigenvalue weighted by molar-refractivity contribution is 0.0927. The molecule has 30 heavy (non-hydrogen) atoms. The first-order valence-electron chi connectivity index (χ1n) is 11.0. The van der Waals surface area contributed by atoms with Crippen LogP contribution < -0.4 is 15.5 Å². The number of hydrogen-bond donors (Lipinski definition) is 2. The SMILES string of the molecule is O=C(NC1CCCCC1)c1ccc(NC(=O)N2CCN(c3ccccc3)CC2)cc1. The monoisotopic (exact) mass is 406 g/mol. The Morgan fingerprint density at radius 2 is 1.47 bits per heavy atom. The predicted octanol–water partition coefficient (Wildman–Crippen LogP) is 4.10. The molecule has 1 saturated carbocycles. The van der Waals surface area contributed by atoms with E-state index in [9.17, 15) is 9.59 Å². The van der Waals surface area contributed by atoms with Crippen LogP contribution in [0.2, 0.25) is 0 Å². The lowest BCUT2D eigenvalue weighted by atomic mass is 9.95. The van der Waals surface area contributed by atoms with Crippen LogP contribution in [0, 0.1) is 0 Å². The molecule has 2 fully saturated rings. The van der Waals surface area contributed by atoms with Gasteiger partial charge >= 0.3 is 6.03 Å². The van der Waals surface area contributed by atoms with Gasteiger partial charge in [-0.25, -0.2) is 4.79 Å². The van der Waals surface area contributed by atoms with Crippen molar-refractivity contribution >= 4 is 23.3 Å². The third-order valence-electron chi connectivity index (χ3n) is 6.03. The third-order valence-corrected chi connectivity index (χ3v) is 6.03. The number of para-hydroxylation sites is 1. The van der Waals surface area contributed by atoms with E-state index in [4.69, 9.17) is 0 Å². The fourth-order valence-corrected chi connectivity index (χ4v) is 4.23. The molecular weight excluding hydrogens is 376 g/mol. The number of nitrogens with zero attached hydrogens (tertiary/aromatic N) is 2. The van der Waals surface area contributed by atoms with Gasteiger partial charge in [-0.2, -0.15) is 0 Å². The summed E-state index contributed by atoms with van der Waals surface area (Å²) in [5.74, 6) is -0.0307. The van der Waals surface area contributed by atoms with Gasteiger partial charge in [-0.1, -0.05) is 37.5 Å². The fraction of sp³-hybridized carbons (Fsp3) is 0.417. The highest BCUT2D eigenvalue weighted by Crippen LogP contribution is 2.19. The van der Waals surface area contributed by atoms with E-state index in [-0.39, 0.29) is 11.9 Å². The van der Waals surface area contributed by atoms with E-state index in [0.29, 0.717) is 30.4 Å². The second kappa shape index (κ2) is 9.65. The molecule has 0 bridgehead atoms. The summed E-state index contributed by atoms with van der Waals surface area (Å²) >= 11 is 0. The van der Waals surface area contributed by atoms with Crippen LogP contribution in [0.1, 0.15) is 42.5 Å². The summed E-state index contributed by atoms with van der Waals surface area (Å²) in [5, 5.41) is 6.08. The number of nitrogens with one attached hydrogen (secondary N) is 2. The van der Waals surface area contributed by atoms with Crippen molar-refractivity contribution < 1.29 is 9.59 Å². The van der Waals surface area contributed by atoms with Crippen LogP contribution in [0.4, 0.5) is 16.2 Å². The first-order valence-corrected chi connectivity index (χ1v) is 11.0. The van der Waals surface area contributed by atoms with Crippen LogP contribution >= 0.6 is 0 Å². The van der Waals surface area contributed by atoms with E-state index in [1.54, 1.807) is 24.3 Å². The predicted molar refractivity (Wildman–Crippen MR) is 120 cm³/mol. The van der Waals surface area contributed by atoms with Crippen molar-refractivity contribution in [2.45, 2.75) is 38.1 Å². The van der Waals surface area contributed by atoms with E-state index in [1.807, 2.05) is 23.1 Å². The zero-order valence-corrected chi connectivity index (χ0v) is 17.3. The Kier molecular flexibility index (Phi) is 6.52. The molecule has 0 atom stereocenters. The Bertz CT molecular complexity index is 839. The quantitative estimate of drug-likeness (QED) is 0.803. The molecule has 4 rings (SSSR count). The van der Waals surface area contributed by atoms with Gasteiger partial charge in [0, 0.05) is 49.2 Å². The standard InChI is InChI=1S/C24H30N4O2/c29-23(25-20-7-3-1-4-8-20)19-11-13-21(14-12-19)26-24(30)28-17-15-27(16-18-28)22-9-5-2-6-10-22/h2,5-6,9-14,20H,1,3-4,7-8,15-18H2,(H,25,29)(H,26,30). The number of hydrogen-bond acceptors (Lipinski definition) is 3. The molecule has 1 aliphatic carbocycles. The van der Waals surface area contributed by atoms with E-state index >= 15 is 0 Å². The number of carbonyl (C=O) groups excluding carboxylic acids is 2. The maximum absolute atomic E-state index is 12.6. The van der Waals surface area contributed by atoms with Crippen molar-refractivity contribution in [3.05, 3.63) is 60.2 Å². The summed E-state index contributed by atoms with van der Waals surface area (Å²) < 4.78 is 0. The molecule has 1 saturated heterocycles. The summed E-state index contributed by atoms with van der Waals surface area (Å²) in [7, 11) is 0. The number of amides is 3. The smallest absolute Gasteiger partial charge is 0.321 e. The average Bonchev–Trinajstić information content (AvgIpc) is 2.81. The van der Waals surface area contributed by atoms with Crippen LogP contribution in [0.5, 0.6) is 0 Å². The highest BCUT2D eigenvalue weighted by Gasteiger charge is 2.21. The van der Waals surface area contributed by atoms with E-state index in [2.05, 4.69) is 27.7 Å². The van der Waals surface area contributed by atoms with E-state index < -0.39 is 0 Å². The van der Waals surface area contributed by atoms with Crippen LogP contribution in [0.15, 0.2) is 54.6 Å². The summed E-state index contributed by atoms with van der Waals surface area (Å²) in [4.78, 5) is 29.2. The van der Waals surface area contributed by atoms with Gasteiger partial charge in [0.2, 0.25) is 0 Å². The molecule has 1 aliphatic heterocycles. The molecule has 2 aromatic carbocycles. The number of piperazine rings is 1. The van der Waals surface area contributed by atoms with Crippen molar-refractivity contribution in [1.82, 2.24) is 10.2 Å². The molecule has 3 amide bonds. The maximum Gasteiger partial charge on any atom is 0.321 e. The van der Waals surface area contributed by atoms with Crippen molar-refractivity contribution in [2.75, 3.05) is 36.4 Å². The Balaban J connectivity index is 1.26. The van der Waals surface area contributed by atoms with Crippen LogP contribution in [-0.2, 0) is 0 Å². The van der Waals surface area contributed by atoms with Crippen LogP contribution in [0.25, 0.3) is 0 Å². The molecule has 6 heteroatoms. The number of rotatable bonds is 4. The van der Waals surface area contributed by atoms with Gasteiger partial charge in [-0.3, -0.25) is 4.79 Å². The molecule has 0 unspecified atom stereocenters. The lowest BCUT2D eigenvalue weighted by Crippen LogP contribution is -2.50. The summed E-state index contributed by atoms with van der Waals surface area (Å²) in [5.41, 5.74) is 2.54. The molecule has 0 aromatic heterocycles.